The molecular formula is C13H18FNO4S2. The zero-order valence-electron chi connectivity index (χ0n) is 11.7. The van der Waals surface area contributed by atoms with Gasteiger partial charge in [0.25, 0.3) is 0 Å². The third kappa shape index (κ3) is 3.44. The average Bonchev–Trinajstić information content (AvgIpc) is 2.58. The van der Waals surface area contributed by atoms with Crippen LogP contribution in [0, 0.1) is 5.82 Å². The van der Waals surface area contributed by atoms with E-state index in [1.165, 1.54) is 29.4 Å². The number of halogens is 1. The predicted octanol–water partition coefficient (Wildman–Crippen LogP) is 1.34. The summed E-state index contributed by atoms with van der Waals surface area (Å²) in [5.74, 6) is -0.930. The van der Waals surface area contributed by atoms with Gasteiger partial charge in [-0.2, -0.15) is 0 Å². The van der Waals surface area contributed by atoms with Crippen LogP contribution in [0.25, 0.3) is 0 Å². The quantitative estimate of drug-likeness (QED) is 0.836. The zero-order valence-corrected chi connectivity index (χ0v) is 13.3. The molecule has 21 heavy (non-hydrogen) atoms. The average molecular weight is 335 g/mol. The number of sulfonamides is 1. The van der Waals surface area contributed by atoms with Crippen molar-refractivity contribution < 1.29 is 21.2 Å². The van der Waals surface area contributed by atoms with Gasteiger partial charge in [-0.1, -0.05) is 18.2 Å². The van der Waals surface area contributed by atoms with Crippen LogP contribution in [-0.4, -0.2) is 45.7 Å². The second-order valence-electron chi connectivity index (χ2n) is 4.97. The maximum atomic E-state index is 13.9. The van der Waals surface area contributed by atoms with Crippen molar-refractivity contribution in [1.29, 1.82) is 0 Å². The highest BCUT2D eigenvalue weighted by molar-refractivity contribution is 7.92. The molecule has 8 heteroatoms. The second-order valence-corrected chi connectivity index (χ2v) is 9.53. The Morgan fingerprint density at radius 3 is 2.57 bits per heavy atom. The molecule has 1 aliphatic heterocycles. The van der Waals surface area contributed by atoms with Gasteiger partial charge in [0.2, 0.25) is 10.0 Å². The lowest BCUT2D eigenvalue weighted by atomic mass is 10.1. The van der Waals surface area contributed by atoms with Gasteiger partial charge in [-0.15, -0.1) is 0 Å². The van der Waals surface area contributed by atoms with Gasteiger partial charge in [-0.25, -0.2) is 25.5 Å². The maximum absolute atomic E-state index is 13.9. The van der Waals surface area contributed by atoms with E-state index in [4.69, 9.17) is 0 Å². The van der Waals surface area contributed by atoms with Crippen LogP contribution in [0.15, 0.2) is 24.3 Å². The van der Waals surface area contributed by atoms with Gasteiger partial charge in [0.1, 0.15) is 5.82 Å². The van der Waals surface area contributed by atoms with Crippen LogP contribution >= 0.6 is 0 Å². The van der Waals surface area contributed by atoms with E-state index in [1.807, 2.05) is 0 Å². The smallest absolute Gasteiger partial charge is 0.213 e. The van der Waals surface area contributed by atoms with Crippen molar-refractivity contribution in [3.63, 3.8) is 0 Å². The first-order valence-electron chi connectivity index (χ1n) is 6.72. The van der Waals surface area contributed by atoms with Gasteiger partial charge >= 0.3 is 0 Å². The molecule has 1 unspecified atom stereocenters. The second kappa shape index (κ2) is 6.02. The van der Waals surface area contributed by atoms with Crippen molar-refractivity contribution in [2.75, 3.05) is 24.6 Å². The first kappa shape index (κ1) is 16.4. The number of nitrogens with zero attached hydrogens (tertiary/aromatic N) is 1. The highest BCUT2D eigenvalue weighted by Gasteiger charge is 2.35. The molecule has 0 aliphatic carbocycles. The predicted molar refractivity (Wildman–Crippen MR) is 78.6 cm³/mol. The molecule has 2 rings (SSSR count). The zero-order chi connectivity index (χ0) is 15.7. The van der Waals surface area contributed by atoms with Crippen molar-refractivity contribution in [3.05, 3.63) is 35.6 Å². The molecule has 1 aromatic carbocycles. The molecule has 0 saturated carbocycles. The third-order valence-corrected chi connectivity index (χ3v) is 7.70. The normalized spacial score (nSPS) is 23.6. The minimum absolute atomic E-state index is 0.0660. The van der Waals surface area contributed by atoms with Crippen molar-refractivity contribution in [2.45, 2.75) is 18.6 Å². The van der Waals surface area contributed by atoms with Crippen LogP contribution in [0.4, 0.5) is 4.39 Å². The van der Waals surface area contributed by atoms with Gasteiger partial charge < -0.3 is 0 Å². The Kier molecular flexibility index (Phi) is 4.69. The lowest BCUT2D eigenvalue weighted by Crippen LogP contribution is -2.34. The number of hydrogen-bond acceptors (Lipinski definition) is 4. The fourth-order valence-electron chi connectivity index (χ4n) is 2.47. The van der Waals surface area contributed by atoms with Crippen LogP contribution < -0.4 is 0 Å². The third-order valence-electron chi connectivity index (χ3n) is 3.71. The molecule has 1 aromatic rings. The number of hydrogen-bond donors (Lipinski definition) is 0. The summed E-state index contributed by atoms with van der Waals surface area (Å²) >= 11 is 0. The molecule has 0 spiro atoms. The Labute approximate surface area is 124 Å². The monoisotopic (exact) mass is 335 g/mol. The molecule has 0 amide bonds. The molecule has 1 atom stereocenters. The standard InChI is InChI=1S/C13H18FNO4S2/c1-2-21(18,19)15-8-7-13(20(16,17)10-9-15)11-5-3-4-6-12(11)14/h3-6,13H,2,7-10H2,1H3. The molecule has 1 heterocycles. The molecule has 5 nitrogen and oxygen atoms in total. The SMILES string of the molecule is CCS(=O)(=O)N1CCC(c2ccccc2F)S(=O)(=O)CC1. The van der Waals surface area contributed by atoms with Gasteiger partial charge in [0.05, 0.1) is 16.8 Å². The summed E-state index contributed by atoms with van der Waals surface area (Å²) in [7, 11) is -7.02. The summed E-state index contributed by atoms with van der Waals surface area (Å²) in [6.07, 6.45) is 0.0719. The maximum Gasteiger partial charge on any atom is 0.213 e. The van der Waals surface area contributed by atoms with Gasteiger partial charge in [-0.05, 0) is 19.4 Å². The van der Waals surface area contributed by atoms with Crippen LogP contribution in [0.5, 0.6) is 0 Å². The van der Waals surface area contributed by atoms with Crippen molar-refractivity contribution >= 4 is 19.9 Å². The molecule has 0 N–H and O–H groups in total. The van der Waals surface area contributed by atoms with E-state index in [-0.39, 0.29) is 36.6 Å². The van der Waals surface area contributed by atoms with E-state index in [0.717, 1.165) is 0 Å². The summed E-state index contributed by atoms with van der Waals surface area (Å²) in [5.41, 5.74) is 0.119. The molecule has 1 fully saturated rings. The first-order valence-corrected chi connectivity index (χ1v) is 10.0. The lowest BCUT2D eigenvalue weighted by Gasteiger charge is -2.18. The fourth-order valence-corrected chi connectivity index (χ4v) is 5.51. The summed E-state index contributed by atoms with van der Waals surface area (Å²) in [4.78, 5) is 0. The highest BCUT2D eigenvalue weighted by Crippen LogP contribution is 2.31. The van der Waals surface area contributed by atoms with E-state index in [0.29, 0.717) is 0 Å². The van der Waals surface area contributed by atoms with E-state index < -0.39 is 30.9 Å². The Morgan fingerprint density at radius 2 is 1.95 bits per heavy atom. The number of rotatable bonds is 3. The van der Waals surface area contributed by atoms with Crippen LogP contribution in [0.3, 0.4) is 0 Å². The van der Waals surface area contributed by atoms with Crippen LogP contribution in [-0.2, 0) is 19.9 Å². The Hall–Kier alpha value is -0.990. The van der Waals surface area contributed by atoms with Gasteiger partial charge in [0.15, 0.2) is 9.84 Å². The Balaban J connectivity index is 2.35. The highest BCUT2D eigenvalue weighted by atomic mass is 32.2. The number of sulfone groups is 1. The topological polar surface area (TPSA) is 71.5 Å². The van der Waals surface area contributed by atoms with E-state index in [9.17, 15) is 21.2 Å². The summed E-state index contributed by atoms with van der Waals surface area (Å²) in [6.45, 7) is 1.54. The first-order chi connectivity index (χ1) is 9.78. The Bertz CT molecular complexity index is 715. The molecule has 0 bridgehead atoms. The van der Waals surface area contributed by atoms with E-state index in [1.54, 1.807) is 6.07 Å². The molecule has 0 radical (unpaired) electrons. The molecule has 0 aromatic heterocycles. The molecular weight excluding hydrogens is 317 g/mol. The lowest BCUT2D eigenvalue weighted by molar-refractivity contribution is 0.428. The largest absolute Gasteiger partial charge is 0.228 e. The van der Waals surface area contributed by atoms with Gasteiger partial charge in [-0.3, -0.25) is 0 Å². The van der Waals surface area contributed by atoms with E-state index in [2.05, 4.69) is 0 Å². The van der Waals surface area contributed by atoms with Crippen molar-refractivity contribution in [3.8, 4) is 0 Å². The molecule has 1 aliphatic rings. The Morgan fingerprint density at radius 1 is 1.29 bits per heavy atom. The van der Waals surface area contributed by atoms with Crippen LogP contribution in [0.1, 0.15) is 24.2 Å². The molecule has 118 valence electrons. The van der Waals surface area contributed by atoms with E-state index >= 15 is 0 Å². The summed E-state index contributed by atoms with van der Waals surface area (Å²) in [6, 6.07) is 5.74. The number of benzene rings is 1. The minimum Gasteiger partial charge on any atom is -0.228 e. The minimum atomic E-state index is -3.58. The summed E-state index contributed by atoms with van der Waals surface area (Å²) in [5, 5.41) is -0.990. The van der Waals surface area contributed by atoms with Crippen molar-refractivity contribution in [1.82, 2.24) is 4.31 Å². The fraction of sp³-hybridized carbons (Fsp3) is 0.538. The molecule has 1 saturated heterocycles. The van der Waals surface area contributed by atoms with Crippen LogP contribution in [0.2, 0.25) is 0 Å². The van der Waals surface area contributed by atoms with Gasteiger partial charge in [0, 0.05) is 18.7 Å². The summed E-state index contributed by atoms with van der Waals surface area (Å²) < 4.78 is 63.5. The van der Waals surface area contributed by atoms with Crippen molar-refractivity contribution in [2.24, 2.45) is 0 Å².